The smallest absolute Gasteiger partial charge is 0.249 e. The van der Waals surface area contributed by atoms with Crippen molar-refractivity contribution in [2.24, 2.45) is 5.92 Å². The zero-order chi connectivity index (χ0) is 20.1. The minimum Gasteiger partial charge on any atom is -0.344 e. The Bertz CT molecular complexity index is 935. The summed E-state index contributed by atoms with van der Waals surface area (Å²) in [4.78, 5) is 32.7. The predicted molar refractivity (Wildman–Crippen MR) is 111 cm³/mol. The number of H-pyrrole nitrogens is 1. The standard InChI is InChI=1S/C21H23ClN4O2/c1-3-13(2)19(25-18(27)12-14-8-10-15(22)11-9-14)20(28)26-21-23-16-6-4-5-7-17(16)24-21/h4-11,13,19H,3,12H2,1-2H3,(H,25,27)(H2,23,24,26,28)/t13-,19-/m1/s1. The number of para-hydroxylation sites is 2. The fourth-order valence-electron chi connectivity index (χ4n) is 2.92. The average Bonchev–Trinajstić information content (AvgIpc) is 3.09. The third kappa shape index (κ3) is 4.89. The number of amides is 2. The quantitative estimate of drug-likeness (QED) is 0.563. The van der Waals surface area contributed by atoms with Crippen molar-refractivity contribution in [1.82, 2.24) is 15.3 Å². The van der Waals surface area contributed by atoms with Crippen molar-refractivity contribution in [2.75, 3.05) is 5.32 Å². The molecule has 1 aromatic heterocycles. The molecule has 0 radical (unpaired) electrons. The maximum absolute atomic E-state index is 12.8. The van der Waals surface area contributed by atoms with Crippen molar-refractivity contribution in [2.45, 2.75) is 32.7 Å². The molecule has 0 saturated carbocycles. The molecular formula is C21H23ClN4O2. The Morgan fingerprint density at radius 3 is 2.54 bits per heavy atom. The normalized spacial score (nSPS) is 13.1. The number of aromatic amines is 1. The van der Waals surface area contributed by atoms with E-state index >= 15 is 0 Å². The molecule has 7 heteroatoms. The van der Waals surface area contributed by atoms with Crippen LogP contribution in [-0.2, 0) is 16.0 Å². The van der Waals surface area contributed by atoms with Gasteiger partial charge in [0.25, 0.3) is 0 Å². The predicted octanol–water partition coefficient (Wildman–Crippen LogP) is 3.93. The van der Waals surface area contributed by atoms with Gasteiger partial charge in [-0.25, -0.2) is 4.98 Å². The summed E-state index contributed by atoms with van der Waals surface area (Å²) in [5, 5.41) is 6.26. The molecule has 6 nitrogen and oxygen atoms in total. The lowest BCUT2D eigenvalue weighted by atomic mass is 9.98. The van der Waals surface area contributed by atoms with Crippen LogP contribution in [0.1, 0.15) is 25.8 Å². The van der Waals surface area contributed by atoms with Crippen molar-refractivity contribution < 1.29 is 9.59 Å². The van der Waals surface area contributed by atoms with E-state index in [0.717, 1.165) is 23.0 Å². The zero-order valence-electron chi connectivity index (χ0n) is 15.8. The number of halogens is 1. The van der Waals surface area contributed by atoms with E-state index in [0.29, 0.717) is 11.0 Å². The van der Waals surface area contributed by atoms with Gasteiger partial charge in [0.1, 0.15) is 6.04 Å². The molecule has 1 heterocycles. The lowest BCUT2D eigenvalue weighted by molar-refractivity contribution is -0.127. The molecule has 0 unspecified atom stereocenters. The van der Waals surface area contributed by atoms with Crippen LogP contribution >= 0.6 is 11.6 Å². The van der Waals surface area contributed by atoms with E-state index in [4.69, 9.17) is 11.6 Å². The minimum absolute atomic E-state index is 0.0291. The van der Waals surface area contributed by atoms with Gasteiger partial charge >= 0.3 is 0 Å². The number of nitrogens with zero attached hydrogens (tertiary/aromatic N) is 1. The number of carbonyl (C=O) groups is 2. The summed E-state index contributed by atoms with van der Waals surface area (Å²) in [6, 6.07) is 14.0. The molecule has 2 atom stereocenters. The van der Waals surface area contributed by atoms with E-state index in [1.165, 1.54) is 0 Å². The molecule has 146 valence electrons. The van der Waals surface area contributed by atoms with Crippen LogP contribution in [0.5, 0.6) is 0 Å². The van der Waals surface area contributed by atoms with E-state index in [-0.39, 0.29) is 24.2 Å². The molecule has 0 spiro atoms. The number of carbonyl (C=O) groups excluding carboxylic acids is 2. The fraction of sp³-hybridized carbons (Fsp3) is 0.286. The summed E-state index contributed by atoms with van der Waals surface area (Å²) in [5.41, 5.74) is 2.44. The van der Waals surface area contributed by atoms with E-state index in [9.17, 15) is 9.59 Å². The molecule has 0 fully saturated rings. The number of rotatable bonds is 7. The molecule has 2 aromatic carbocycles. The maximum Gasteiger partial charge on any atom is 0.249 e. The van der Waals surface area contributed by atoms with E-state index in [1.807, 2.05) is 38.1 Å². The summed E-state index contributed by atoms with van der Waals surface area (Å²) in [6.45, 7) is 3.92. The van der Waals surface area contributed by atoms with Crippen LogP contribution in [0.3, 0.4) is 0 Å². The highest BCUT2D eigenvalue weighted by Gasteiger charge is 2.26. The lowest BCUT2D eigenvalue weighted by Gasteiger charge is -2.23. The summed E-state index contributed by atoms with van der Waals surface area (Å²) >= 11 is 5.88. The largest absolute Gasteiger partial charge is 0.344 e. The summed E-state index contributed by atoms with van der Waals surface area (Å²) < 4.78 is 0. The minimum atomic E-state index is -0.655. The third-order valence-electron chi connectivity index (χ3n) is 4.72. The Morgan fingerprint density at radius 1 is 1.14 bits per heavy atom. The zero-order valence-corrected chi connectivity index (χ0v) is 16.6. The highest BCUT2D eigenvalue weighted by Crippen LogP contribution is 2.16. The summed E-state index contributed by atoms with van der Waals surface area (Å²) in [7, 11) is 0. The molecule has 3 rings (SSSR count). The van der Waals surface area contributed by atoms with Gasteiger partial charge in [0.15, 0.2) is 0 Å². The fourth-order valence-corrected chi connectivity index (χ4v) is 3.05. The van der Waals surface area contributed by atoms with Gasteiger partial charge in [0, 0.05) is 5.02 Å². The molecule has 3 aromatic rings. The van der Waals surface area contributed by atoms with Crippen LogP contribution in [0, 0.1) is 5.92 Å². The first kappa shape index (κ1) is 19.9. The molecule has 28 heavy (non-hydrogen) atoms. The van der Waals surface area contributed by atoms with Crippen LogP contribution in [0.15, 0.2) is 48.5 Å². The first-order valence-electron chi connectivity index (χ1n) is 9.25. The second-order valence-corrected chi connectivity index (χ2v) is 7.26. The highest BCUT2D eigenvalue weighted by molar-refractivity contribution is 6.30. The van der Waals surface area contributed by atoms with Gasteiger partial charge in [-0.1, -0.05) is 56.1 Å². The van der Waals surface area contributed by atoms with Crippen LogP contribution in [0.2, 0.25) is 5.02 Å². The Kier molecular flexibility index (Phi) is 6.31. The molecule has 0 aliphatic heterocycles. The first-order valence-corrected chi connectivity index (χ1v) is 9.63. The van der Waals surface area contributed by atoms with E-state index < -0.39 is 6.04 Å². The number of aromatic nitrogens is 2. The van der Waals surface area contributed by atoms with Crippen LogP contribution in [-0.4, -0.2) is 27.8 Å². The topological polar surface area (TPSA) is 86.9 Å². The van der Waals surface area contributed by atoms with Crippen molar-refractivity contribution in [3.8, 4) is 0 Å². The van der Waals surface area contributed by atoms with Gasteiger partial charge in [-0.2, -0.15) is 0 Å². The van der Waals surface area contributed by atoms with Gasteiger partial charge in [-0.05, 0) is 35.7 Å². The van der Waals surface area contributed by atoms with Crippen molar-refractivity contribution >= 4 is 40.4 Å². The highest BCUT2D eigenvalue weighted by atomic mass is 35.5. The Hall–Kier alpha value is -2.86. The number of anilines is 1. The molecule has 0 aliphatic carbocycles. The molecule has 0 saturated heterocycles. The van der Waals surface area contributed by atoms with Gasteiger partial charge in [-0.15, -0.1) is 0 Å². The van der Waals surface area contributed by atoms with Gasteiger partial charge in [-0.3, -0.25) is 14.9 Å². The number of hydrogen-bond donors (Lipinski definition) is 3. The molecule has 2 amide bonds. The third-order valence-corrected chi connectivity index (χ3v) is 4.97. The number of nitrogens with one attached hydrogen (secondary N) is 3. The lowest BCUT2D eigenvalue weighted by Crippen LogP contribution is -2.48. The second-order valence-electron chi connectivity index (χ2n) is 6.83. The van der Waals surface area contributed by atoms with Crippen LogP contribution in [0.25, 0.3) is 11.0 Å². The van der Waals surface area contributed by atoms with Crippen LogP contribution in [0.4, 0.5) is 5.95 Å². The summed E-state index contributed by atoms with van der Waals surface area (Å²) in [6.07, 6.45) is 0.932. The molecule has 0 aliphatic rings. The number of benzene rings is 2. The van der Waals surface area contributed by atoms with E-state index in [1.54, 1.807) is 24.3 Å². The van der Waals surface area contributed by atoms with Gasteiger partial charge < -0.3 is 10.3 Å². The Balaban J connectivity index is 1.68. The average molecular weight is 399 g/mol. The summed E-state index contributed by atoms with van der Waals surface area (Å²) in [5.74, 6) is -0.171. The van der Waals surface area contributed by atoms with Crippen molar-refractivity contribution in [3.63, 3.8) is 0 Å². The van der Waals surface area contributed by atoms with Crippen molar-refractivity contribution in [1.29, 1.82) is 0 Å². The van der Waals surface area contributed by atoms with Crippen LogP contribution < -0.4 is 10.6 Å². The Morgan fingerprint density at radius 2 is 1.86 bits per heavy atom. The van der Waals surface area contributed by atoms with Gasteiger partial charge in [0.05, 0.1) is 17.5 Å². The number of imidazole rings is 1. The van der Waals surface area contributed by atoms with Gasteiger partial charge in [0.2, 0.25) is 17.8 Å². The van der Waals surface area contributed by atoms with E-state index in [2.05, 4.69) is 20.6 Å². The Labute approximate surface area is 168 Å². The first-order chi connectivity index (χ1) is 13.5. The SMILES string of the molecule is CC[C@@H](C)[C@@H](NC(=O)Cc1ccc(Cl)cc1)C(=O)Nc1nc2ccccc2[nH]1. The molecule has 0 bridgehead atoms. The van der Waals surface area contributed by atoms with Crippen molar-refractivity contribution in [3.05, 3.63) is 59.1 Å². The monoisotopic (exact) mass is 398 g/mol. The molecular weight excluding hydrogens is 376 g/mol. The second kappa shape index (κ2) is 8.89. The molecule has 3 N–H and O–H groups in total. The number of fused-ring (bicyclic) bond motifs is 1. The number of hydrogen-bond acceptors (Lipinski definition) is 3. The maximum atomic E-state index is 12.8.